The van der Waals surface area contributed by atoms with E-state index in [0.29, 0.717) is 5.88 Å². The largest absolute Gasteiger partial charge is 0.449 e. The van der Waals surface area contributed by atoms with Crippen molar-refractivity contribution in [2.75, 3.05) is 11.9 Å². The summed E-state index contributed by atoms with van der Waals surface area (Å²) >= 11 is 0. The van der Waals surface area contributed by atoms with Crippen LogP contribution >= 0.6 is 0 Å². The van der Waals surface area contributed by atoms with Crippen LogP contribution in [0, 0.1) is 0 Å². The van der Waals surface area contributed by atoms with Gasteiger partial charge in [-0.2, -0.15) is 0 Å². The molecule has 0 aliphatic heterocycles. The molecule has 0 saturated carbocycles. The summed E-state index contributed by atoms with van der Waals surface area (Å²) in [5.74, 6) is -0.131. The second kappa shape index (κ2) is 3.03. The molecule has 0 aliphatic carbocycles. The molecule has 54 valence electrons. The van der Waals surface area contributed by atoms with E-state index >= 15 is 0 Å². The number of carbonyl (C=O) groups is 1. The first-order chi connectivity index (χ1) is 4.83. The van der Waals surface area contributed by atoms with E-state index in [1.54, 1.807) is 12.1 Å². The maximum atomic E-state index is 10.5. The standard InChI is InChI=1S/C6H7NO3/c8-4-5(9)7-6-2-1-3-10-6/h1-3,8H,4H2,(H,7,9). The smallest absolute Gasteiger partial charge is 0.252 e. The lowest BCUT2D eigenvalue weighted by Crippen LogP contribution is -2.14. The zero-order chi connectivity index (χ0) is 7.40. The Morgan fingerprint density at radius 2 is 2.60 bits per heavy atom. The molecule has 0 bridgehead atoms. The monoisotopic (exact) mass is 141 g/mol. The molecule has 0 aliphatic rings. The molecule has 1 amide bonds. The zero-order valence-electron chi connectivity index (χ0n) is 5.20. The van der Waals surface area contributed by atoms with Crippen molar-refractivity contribution in [3.8, 4) is 0 Å². The highest BCUT2D eigenvalue weighted by molar-refractivity contribution is 5.90. The molecule has 1 heterocycles. The van der Waals surface area contributed by atoms with Gasteiger partial charge in [-0.3, -0.25) is 10.1 Å². The first-order valence-corrected chi connectivity index (χ1v) is 2.77. The van der Waals surface area contributed by atoms with E-state index in [1.807, 2.05) is 0 Å². The maximum absolute atomic E-state index is 10.5. The summed E-state index contributed by atoms with van der Waals surface area (Å²) in [6.45, 7) is -0.527. The normalized spacial score (nSPS) is 9.30. The van der Waals surface area contributed by atoms with E-state index in [4.69, 9.17) is 9.52 Å². The zero-order valence-corrected chi connectivity index (χ0v) is 5.20. The van der Waals surface area contributed by atoms with E-state index in [-0.39, 0.29) is 0 Å². The molecule has 0 radical (unpaired) electrons. The van der Waals surface area contributed by atoms with Gasteiger partial charge in [0.25, 0.3) is 5.91 Å². The highest BCUT2D eigenvalue weighted by Gasteiger charge is 1.99. The van der Waals surface area contributed by atoms with Crippen molar-refractivity contribution in [3.63, 3.8) is 0 Å². The van der Waals surface area contributed by atoms with Crippen molar-refractivity contribution < 1.29 is 14.3 Å². The summed E-state index contributed by atoms with van der Waals surface area (Å²) in [6.07, 6.45) is 1.44. The fourth-order valence-electron chi connectivity index (χ4n) is 0.527. The molecule has 0 unspecified atom stereocenters. The minimum atomic E-state index is -0.527. The Hall–Kier alpha value is -1.29. The number of furan rings is 1. The molecule has 4 nitrogen and oxygen atoms in total. The molecule has 0 atom stereocenters. The van der Waals surface area contributed by atoms with Gasteiger partial charge < -0.3 is 9.52 Å². The van der Waals surface area contributed by atoms with Crippen LogP contribution in [0.5, 0.6) is 0 Å². The van der Waals surface area contributed by atoms with Gasteiger partial charge in [0.2, 0.25) is 0 Å². The lowest BCUT2D eigenvalue weighted by atomic mass is 10.6. The topological polar surface area (TPSA) is 62.5 Å². The number of amides is 1. The van der Waals surface area contributed by atoms with Gasteiger partial charge in [-0.25, -0.2) is 0 Å². The number of nitrogens with one attached hydrogen (secondary N) is 1. The number of rotatable bonds is 2. The van der Waals surface area contributed by atoms with Crippen LogP contribution in [0.1, 0.15) is 0 Å². The minimum absolute atomic E-state index is 0.346. The molecule has 0 aromatic carbocycles. The highest BCUT2D eigenvalue weighted by atomic mass is 16.3. The predicted molar refractivity (Wildman–Crippen MR) is 34.4 cm³/mol. The molecular formula is C6H7NO3. The number of hydrogen-bond acceptors (Lipinski definition) is 3. The fraction of sp³-hybridized carbons (Fsp3) is 0.167. The van der Waals surface area contributed by atoms with Crippen molar-refractivity contribution in [2.24, 2.45) is 0 Å². The number of carbonyl (C=O) groups excluding carboxylic acids is 1. The van der Waals surface area contributed by atoms with E-state index in [2.05, 4.69) is 5.32 Å². The number of hydrogen-bond donors (Lipinski definition) is 2. The molecule has 10 heavy (non-hydrogen) atoms. The quantitative estimate of drug-likeness (QED) is 0.618. The number of aliphatic hydroxyl groups excluding tert-OH is 1. The van der Waals surface area contributed by atoms with Crippen LogP contribution < -0.4 is 5.32 Å². The van der Waals surface area contributed by atoms with Crippen LogP contribution in [-0.2, 0) is 4.79 Å². The van der Waals surface area contributed by atoms with Gasteiger partial charge in [0.15, 0.2) is 5.88 Å². The molecule has 0 fully saturated rings. The van der Waals surface area contributed by atoms with Crippen LogP contribution in [0.2, 0.25) is 0 Å². The highest BCUT2D eigenvalue weighted by Crippen LogP contribution is 2.05. The van der Waals surface area contributed by atoms with E-state index in [1.165, 1.54) is 6.26 Å². The van der Waals surface area contributed by atoms with Crippen molar-refractivity contribution in [2.45, 2.75) is 0 Å². The summed E-state index contributed by atoms with van der Waals surface area (Å²) in [5, 5.41) is 10.6. The van der Waals surface area contributed by atoms with Gasteiger partial charge in [0, 0.05) is 6.07 Å². The van der Waals surface area contributed by atoms with Crippen molar-refractivity contribution in [1.29, 1.82) is 0 Å². The van der Waals surface area contributed by atoms with E-state index < -0.39 is 12.5 Å². The van der Waals surface area contributed by atoms with Crippen LogP contribution in [-0.4, -0.2) is 17.6 Å². The minimum Gasteiger partial charge on any atom is -0.449 e. The molecule has 2 N–H and O–H groups in total. The summed E-state index contributed by atoms with van der Waals surface area (Å²) in [5.41, 5.74) is 0. The fourth-order valence-corrected chi connectivity index (χ4v) is 0.527. The average Bonchev–Trinajstić information content (AvgIpc) is 2.40. The molecule has 0 saturated heterocycles. The third-order valence-electron chi connectivity index (χ3n) is 0.927. The average molecular weight is 141 g/mol. The summed E-state index contributed by atoms with van der Waals surface area (Å²) in [7, 11) is 0. The first-order valence-electron chi connectivity index (χ1n) is 2.77. The van der Waals surface area contributed by atoms with Gasteiger partial charge in [-0.1, -0.05) is 0 Å². The molecule has 1 rings (SSSR count). The Bertz CT molecular complexity index is 205. The molecule has 0 spiro atoms. The van der Waals surface area contributed by atoms with Crippen molar-refractivity contribution in [1.82, 2.24) is 0 Å². The van der Waals surface area contributed by atoms with E-state index in [9.17, 15) is 4.79 Å². The Morgan fingerprint density at radius 3 is 3.10 bits per heavy atom. The molecule has 1 aromatic rings. The Labute approximate surface area is 57.5 Å². The number of aliphatic hydroxyl groups is 1. The van der Waals surface area contributed by atoms with E-state index in [0.717, 1.165) is 0 Å². The second-order valence-corrected chi connectivity index (χ2v) is 1.68. The van der Waals surface area contributed by atoms with Crippen LogP contribution in [0.3, 0.4) is 0 Å². The lowest BCUT2D eigenvalue weighted by Gasteiger charge is -1.95. The molecule has 4 heteroatoms. The SMILES string of the molecule is O=C(CO)Nc1ccco1. The maximum Gasteiger partial charge on any atom is 0.252 e. The summed E-state index contributed by atoms with van der Waals surface area (Å²) < 4.78 is 4.76. The van der Waals surface area contributed by atoms with Gasteiger partial charge in [-0.15, -0.1) is 0 Å². The molecule has 1 aromatic heterocycles. The third kappa shape index (κ3) is 1.60. The lowest BCUT2D eigenvalue weighted by molar-refractivity contribution is -0.118. The van der Waals surface area contributed by atoms with Gasteiger partial charge in [0.05, 0.1) is 6.26 Å². The van der Waals surface area contributed by atoms with Gasteiger partial charge in [-0.05, 0) is 6.07 Å². The van der Waals surface area contributed by atoms with Crippen LogP contribution in [0.4, 0.5) is 5.88 Å². The van der Waals surface area contributed by atoms with Crippen LogP contribution in [0.25, 0.3) is 0 Å². The summed E-state index contributed by atoms with van der Waals surface area (Å²) in [6, 6.07) is 3.24. The molecular weight excluding hydrogens is 134 g/mol. The Morgan fingerprint density at radius 1 is 1.80 bits per heavy atom. The number of anilines is 1. The summed E-state index contributed by atoms with van der Waals surface area (Å²) in [4.78, 5) is 10.5. The van der Waals surface area contributed by atoms with Crippen molar-refractivity contribution >= 4 is 11.8 Å². The predicted octanol–water partition coefficient (Wildman–Crippen LogP) is 0.210. The Kier molecular flexibility index (Phi) is 2.07. The van der Waals surface area contributed by atoms with Crippen molar-refractivity contribution in [3.05, 3.63) is 18.4 Å². The first kappa shape index (κ1) is 6.82. The third-order valence-corrected chi connectivity index (χ3v) is 0.927. The van der Waals surface area contributed by atoms with Gasteiger partial charge >= 0.3 is 0 Å². The van der Waals surface area contributed by atoms with Gasteiger partial charge in [0.1, 0.15) is 6.61 Å². The van der Waals surface area contributed by atoms with Crippen LogP contribution in [0.15, 0.2) is 22.8 Å². The second-order valence-electron chi connectivity index (χ2n) is 1.68. The Balaban J connectivity index is 2.48.